The minimum absolute atomic E-state index is 0.212. The lowest BCUT2D eigenvalue weighted by Crippen LogP contribution is -2.27. The molecule has 5 atom stereocenters. The lowest BCUT2D eigenvalue weighted by atomic mass is 9.89. The second-order valence-electron chi connectivity index (χ2n) is 11.0. The topological polar surface area (TPSA) is 43.7 Å². The van der Waals surface area contributed by atoms with E-state index in [2.05, 4.69) is 30.9 Å². The molecule has 0 bridgehead atoms. The van der Waals surface area contributed by atoms with Crippen LogP contribution in [0.1, 0.15) is 104 Å². The molecule has 0 saturated heterocycles. The van der Waals surface area contributed by atoms with Crippen LogP contribution in [0.4, 0.5) is 0 Å². The van der Waals surface area contributed by atoms with Crippen molar-refractivity contribution in [1.29, 1.82) is 0 Å². The molecule has 3 saturated carbocycles. The van der Waals surface area contributed by atoms with Crippen molar-refractivity contribution in [2.75, 3.05) is 19.6 Å². The molecule has 0 aliphatic heterocycles. The molecule has 2 N–H and O–H groups in total. The average Bonchev–Trinajstić information content (AvgIpc) is 3.50. The van der Waals surface area contributed by atoms with Crippen LogP contribution in [0, 0.1) is 23.7 Å². The highest BCUT2D eigenvalue weighted by Gasteiger charge is 2.45. The van der Waals surface area contributed by atoms with E-state index in [9.17, 15) is 10.2 Å². The van der Waals surface area contributed by atoms with Crippen LogP contribution >= 0.6 is 0 Å². The molecule has 0 aromatic carbocycles. The molecule has 3 heteroatoms. The summed E-state index contributed by atoms with van der Waals surface area (Å²) in [4.78, 5) is 2.68. The summed E-state index contributed by atoms with van der Waals surface area (Å²) in [7, 11) is 0. The van der Waals surface area contributed by atoms with E-state index in [-0.39, 0.29) is 18.1 Å². The Kier molecular flexibility index (Phi) is 11.3. The van der Waals surface area contributed by atoms with Crippen LogP contribution in [-0.2, 0) is 0 Å². The van der Waals surface area contributed by atoms with E-state index in [1.165, 1.54) is 83.8 Å². The Labute approximate surface area is 198 Å². The second kappa shape index (κ2) is 13.9. The molecule has 3 aliphatic carbocycles. The molecule has 0 amide bonds. The van der Waals surface area contributed by atoms with Crippen LogP contribution in [0.2, 0.25) is 0 Å². The first-order valence-corrected chi connectivity index (χ1v) is 14.1. The standard InChI is InChI=1S/C29H51NO2/c1-3-5-17-30(18-6-4-2)19-11-7-8-12-23-20-25-22-29(32)26(27(25)21-23)15-16-28(31)24-13-9-10-14-24/h12,15-16,24-29,31-32H,3-11,13-14,17-22H2,1-2H3/t25-,26+,27-,28+,29+/m0/s1. The Morgan fingerprint density at radius 3 is 2.34 bits per heavy atom. The van der Waals surface area contributed by atoms with Gasteiger partial charge in [0.2, 0.25) is 0 Å². The van der Waals surface area contributed by atoms with Gasteiger partial charge in [-0.3, -0.25) is 0 Å². The summed E-state index contributed by atoms with van der Waals surface area (Å²) in [6.45, 7) is 8.38. The number of unbranched alkanes of at least 4 members (excludes halogenated alkanes) is 4. The lowest BCUT2D eigenvalue weighted by molar-refractivity contribution is 0.135. The first-order valence-electron chi connectivity index (χ1n) is 14.1. The summed E-state index contributed by atoms with van der Waals surface area (Å²) in [5.74, 6) is 1.92. The zero-order chi connectivity index (χ0) is 22.8. The maximum atomic E-state index is 10.6. The number of aliphatic hydroxyl groups is 2. The summed E-state index contributed by atoms with van der Waals surface area (Å²) >= 11 is 0. The van der Waals surface area contributed by atoms with Gasteiger partial charge in [-0.25, -0.2) is 0 Å². The van der Waals surface area contributed by atoms with E-state index >= 15 is 0 Å². The van der Waals surface area contributed by atoms with E-state index in [1.54, 1.807) is 5.57 Å². The van der Waals surface area contributed by atoms with Gasteiger partial charge in [0.15, 0.2) is 0 Å². The molecule has 0 radical (unpaired) electrons. The smallest absolute Gasteiger partial charge is 0.0749 e. The van der Waals surface area contributed by atoms with Gasteiger partial charge in [0.05, 0.1) is 12.2 Å². The van der Waals surface area contributed by atoms with Crippen molar-refractivity contribution in [3.63, 3.8) is 0 Å². The van der Waals surface area contributed by atoms with E-state index in [4.69, 9.17) is 0 Å². The zero-order valence-electron chi connectivity index (χ0n) is 21.1. The van der Waals surface area contributed by atoms with E-state index in [1.807, 2.05) is 6.08 Å². The molecule has 3 rings (SSSR count). The second-order valence-corrected chi connectivity index (χ2v) is 11.0. The van der Waals surface area contributed by atoms with Gasteiger partial charge in [0.25, 0.3) is 0 Å². The summed E-state index contributed by atoms with van der Waals surface area (Å²) in [6, 6.07) is 0. The normalized spacial score (nSPS) is 30.8. The monoisotopic (exact) mass is 445 g/mol. The van der Waals surface area contributed by atoms with Crippen molar-refractivity contribution in [2.24, 2.45) is 23.7 Å². The lowest BCUT2D eigenvalue weighted by Gasteiger charge is -2.21. The molecule has 3 nitrogen and oxygen atoms in total. The number of rotatable bonds is 14. The molecule has 32 heavy (non-hydrogen) atoms. The summed E-state index contributed by atoms with van der Waals surface area (Å²) in [5.41, 5.74) is 1.63. The first-order chi connectivity index (χ1) is 15.6. The van der Waals surface area contributed by atoms with E-state index in [0.717, 1.165) is 25.7 Å². The van der Waals surface area contributed by atoms with Gasteiger partial charge in [0.1, 0.15) is 0 Å². The minimum atomic E-state index is -0.311. The maximum Gasteiger partial charge on any atom is 0.0749 e. The zero-order valence-corrected chi connectivity index (χ0v) is 21.1. The third-order valence-electron chi connectivity index (χ3n) is 8.54. The predicted octanol–water partition coefficient (Wildman–Crippen LogP) is 6.50. The Morgan fingerprint density at radius 2 is 1.66 bits per heavy atom. The van der Waals surface area contributed by atoms with E-state index in [0.29, 0.717) is 17.8 Å². The molecule has 0 unspecified atom stereocenters. The number of hydrogen-bond acceptors (Lipinski definition) is 3. The maximum absolute atomic E-state index is 10.6. The third-order valence-corrected chi connectivity index (χ3v) is 8.54. The van der Waals surface area contributed by atoms with Crippen molar-refractivity contribution in [3.05, 3.63) is 23.8 Å². The van der Waals surface area contributed by atoms with Crippen molar-refractivity contribution in [2.45, 2.75) is 116 Å². The molecule has 0 heterocycles. The molecule has 0 aromatic rings. The van der Waals surface area contributed by atoms with Crippen molar-refractivity contribution < 1.29 is 10.2 Å². The van der Waals surface area contributed by atoms with Crippen LogP contribution in [-0.4, -0.2) is 47.0 Å². The van der Waals surface area contributed by atoms with E-state index < -0.39 is 0 Å². The molecule has 0 aromatic heterocycles. The van der Waals surface area contributed by atoms with Gasteiger partial charge in [-0.2, -0.15) is 0 Å². The van der Waals surface area contributed by atoms with Crippen molar-refractivity contribution in [3.8, 4) is 0 Å². The van der Waals surface area contributed by atoms with Crippen molar-refractivity contribution >= 4 is 0 Å². The quantitative estimate of drug-likeness (QED) is 0.237. The van der Waals surface area contributed by atoms with Gasteiger partial charge in [-0.05, 0) is 102 Å². The fourth-order valence-electron chi connectivity index (χ4n) is 6.52. The van der Waals surface area contributed by atoms with Crippen LogP contribution in [0.15, 0.2) is 23.8 Å². The first kappa shape index (κ1) is 26.0. The predicted molar refractivity (Wildman–Crippen MR) is 136 cm³/mol. The number of hydrogen-bond donors (Lipinski definition) is 2. The van der Waals surface area contributed by atoms with Gasteiger partial charge in [-0.15, -0.1) is 0 Å². The highest BCUT2D eigenvalue weighted by molar-refractivity contribution is 5.18. The van der Waals surface area contributed by atoms with Crippen LogP contribution in [0.5, 0.6) is 0 Å². The Bertz CT molecular complexity index is 572. The highest BCUT2D eigenvalue weighted by atomic mass is 16.3. The Morgan fingerprint density at radius 1 is 0.969 bits per heavy atom. The van der Waals surface area contributed by atoms with Gasteiger partial charge in [-0.1, -0.05) is 63.3 Å². The number of nitrogens with zero attached hydrogens (tertiary/aromatic N) is 1. The molecule has 184 valence electrons. The third kappa shape index (κ3) is 7.71. The van der Waals surface area contributed by atoms with Gasteiger partial charge in [0, 0.05) is 5.92 Å². The summed E-state index contributed by atoms with van der Waals surface area (Å²) in [5, 5.41) is 21.1. The number of aliphatic hydroxyl groups excluding tert-OH is 2. The van der Waals surface area contributed by atoms with Gasteiger partial charge >= 0.3 is 0 Å². The fourth-order valence-corrected chi connectivity index (χ4v) is 6.52. The molecular formula is C29H51NO2. The molecule has 3 aliphatic rings. The SMILES string of the molecule is CCCCN(CCCC)CCCCC=C1C[C@H]2C[C@@H](O)[C@H](C=C[C@@H](O)C3CCCC3)[C@H]2C1. The molecular weight excluding hydrogens is 394 g/mol. The van der Waals surface area contributed by atoms with Crippen LogP contribution in [0.3, 0.4) is 0 Å². The Hall–Kier alpha value is -0.640. The highest BCUT2D eigenvalue weighted by Crippen LogP contribution is 2.50. The molecule has 3 fully saturated rings. The fraction of sp³-hybridized carbons (Fsp3) is 0.862. The summed E-state index contributed by atoms with van der Waals surface area (Å²) in [6.07, 6.45) is 23.4. The van der Waals surface area contributed by atoms with Crippen molar-refractivity contribution in [1.82, 2.24) is 4.90 Å². The minimum Gasteiger partial charge on any atom is -0.392 e. The average molecular weight is 446 g/mol. The Balaban J connectivity index is 1.39. The van der Waals surface area contributed by atoms with Crippen LogP contribution in [0.25, 0.3) is 0 Å². The largest absolute Gasteiger partial charge is 0.392 e. The number of allylic oxidation sites excluding steroid dienone is 2. The van der Waals surface area contributed by atoms with Gasteiger partial charge < -0.3 is 15.1 Å². The van der Waals surface area contributed by atoms with Crippen LogP contribution < -0.4 is 0 Å². The molecule has 0 spiro atoms. The number of fused-ring (bicyclic) bond motifs is 1. The summed E-state index contributed by atoms with van der Waals surface area (Å²) < 4.78 is 0.